The van der Waals surface area contributed by atoms with Crippen molar-refractivity contribution in [2.75, 3.05) is 0 Å². The molecule has 7 nitrogen and oxygen atoms in total. The summed E-state index contributed by atoms with van der Waals surface area (Å²) in [5.41, 5.74) is 1.94. The highest BCUT2D eigenvalue weighted by Crippen LogP contribution is 2.23. The highest BCUT2D eigenvalue weighted by Gasteiger charge is 2.38. The van der Waals surface area contributed by atoms with Crippen molar-refractivity contribution >= 4 is 28.7 Å². The molecule has 2 amide bonds. The molecule has 1 aliphatic rings. The zero-order valence-electron chi connectivity index (χ0n) is 12.4. The highest BCUT2D eigenvalue weighted by molar-refractivity contribution is 6.20. The van der Waals surface area contributed by atoms with Crippen LogP contribution < -0.4 is 0 Å². The third-order valence-corrected chi connectivity index (χ3v) is 3.80. The normalized spacial score (nSPS) is 13.4. The molecular weight excluding hydrogens is 310 g/mol. The van der Waals surface area contributed by atoms with Gasteiger partial charge >= 0.3 is 5.97 Å². The van der Waals surface area contributed by atoms with Gasteiger partial charge in [-0.25, -0.2) is 4.79 Å². The second kappa shape index (κ2) is 5.31. The molecule has 0 saturated carbocycles. The molecular formula is C17H11N3O4. The van der Waals surface area contributed by atoms with Gasteiger partial charge in [-0.3, -0.25) is 14.7 Å². The number of hydrogen-bond donors (Lipinski definition) is 1. The molecule has 1 aliphatic heterocycles. The maximum atomic E-state index is 12.1. The van der Waals surface area contributed by atoms with E-state index in [-0.39, 0.29) is 17.5 Å². The van der Waals surface area contributed by atoms with Gasteiger partial charge in [0, 0.05) is 5.39 Å². The number of carbonyl (C=O) groups excluding carboxylic acids is 3. The van der Waals surface area contributed by atoms with Crippen LogP contribution in [0.5, 0.6) is 0 Å². The van der Waals surface area contributed by atoms with Crippen LogP contribution in [0.15, 0.2) is 48.7 Å². The quantitative estimate of drug-likeness (QED) is 0.743. The summed E-state index contributed by atoms with van der Waals surface area (Å²) >= 11 is 0. The number of H-pyrrole nitrogens is 1. The summed E-state index contributed by atoms with van der Waals surface area (Å²) in [6.07, 6.45) is 1.61. The van der Waals surface area contributed by atoms with Crippen molar-refractivity contribution in [2.45, 2.75) is 6.42 Å². The number of aromatic amines is 1. The van der Waals surface area contributed by atoms with Crippen LogP contribution in [-0.4, -0.2) is 33.0 Å². The molecule has 0 bridgehead atoms. The number of nitrogens with zero attached hydrogens (tertiary/aromatic N) is 2. The number of amides is 2. The lowest BCUT2D eigenvalue weighted by Gasteiger charge is -2.12. The number of imide groups is 1. The van der Waals surface area contributed by atoms with Gasteiger partial charge < -0.3 is 4.84 Å². The van der Waals surface area contributed by atoms with E-state index in [1.165, 1.54) is 12.1 Å². The molecule has 1 N–H and O–H groups in total. The molecule has 4 rings (SSSR count). The lowest BCUT2D eigenvalue weighted by Crippen LogP contribution is -2.33. The van der Waals surface area contributed by atoms with E-state index in [4.69, 9.17) is 4.84 Å². The minimum atomic E-state index is -0.691. The minimum Gasteiger partial charge on any atom is -0.329 e. The Kier molecular flexibility index (Phi) is 3.13. The smallest absolute Gasteiger partial charge is 0.329 e. The standard InChI is InChI=1S/C17H11N3O4/c21-15(8-10-5-6-11-9-18-19-14(11)7-10)24-20-16(22)12-3-1-2-4-13(12)17(20)23/h1-7,9H,8H2,(H,18,19). The van der Waals surface area contributed by atoms with Crippen LogP contribution >= 0.6 is 0 Å². The van der Waals surface area contributed by atoms with Crippen molar-refractivity contribution in [2.24, 2.45) is 0 Å². The Morgan fingerprint density at radius 1 is 1.08 bits per heavy atom. The maximum absolute atomic E-state index is 12.1. The van der Waals surface area contributed by atoms with Gasteiger partial charge in [0.15, 0.2) is 0 Å². The Morgan fingerprint density at radius 3 is 2.50 bits per heavy atom. The molecule has 0 saturated heterocycles. The summed E-state index contributed by atoms with van der Waals surface area (Å²) in [4.78, 5) is 41.4. The summed E-state index contributed by atoms with van der Waals surface area (Å²) < 4.78 is 0. The molecule has 0 atom stereocenters. The Labute approximate surface area is 135 Å². The van der Waals surface area contributed by atoms with Gasteiger partial charge in [-0.2, -0.15) is 5.10 Å². The van der Waals surface area contributed by atoms with E-state index in [0.29, 0.717) is 10.6 Å². The van der Waals surface area contributed by atoms with E-state index in [2.05, 4.69) is 10.2 Å². The lowest BCUT2D eigenvalue weighted by atomic mass is 10.1. The first-order chi connectivity index (χ1) is 11.6. The van der Waals surface area contributed by atoms with Crippen molar-refractivity contribution in [3.05, 3.63) is 65.4 Å². The predicted molar refractivity (Wildman–Crippen MR) is 82.8 cm³/mol. The van der Waals surface area contributed by atoms with Crippen molar-refractivity contribution in [1.29, 1.82) is 0 Å². The summed E-state index contributed by atoms with van der Waals surface area (Å²) in [5.74, 6) is -1.95. The van der Waals surface area contributed by atoms with Crippen molar-refractivity contribution < 1.29 is 19.2 Å². The number of hydroxylamine groups is 2. The van der Waals surface area contributed by atoms with Crippen molar-refractivity contribution in [3.63, 3.8) is 0 Å². The van der Waals surface area contributed by atoms with Crippen LogP contribution in [0.3, 0.4) is 0 Å². The van der Waals surface area contributed by atoms with Crippen LogP contribution in [0, 0.1) is 0 Å². The van der Waals surface area contributed by atoms with Crippen LogP contribution in [0.1, 0.15) is 26.3 Å². The van der Waals surface area contributed by atoms with Gasteiger partial charge in [0.2, 0.25) is 0 Å². The molecule has 118 valence electrons. The Bertz CT molecular complexity index is 957. The number of benzene rings is 2. The van der Waals surface area contributed by atoms with E-state index in [0.717, 1.165) is 10.9 Å². The number of carbonyl (C=O) groups is 3. The van der Waals surface area contributed by atoms with E-state index in [1.54, 1.807) is 30.5 Å². The lowest BCUT2D eigenvalue weighted by molar-refractivity contribution is -0.167. The molecule has 0 fully saturated rings. The first-order valence-corrected chi connectivity index (χ1v) is 7.24. The molecule has 0 unspecified atom stereocenters. The van der Waals surface area contributed by atoms with Gasteiger partial charge in [-0.1, -0.05) is 29.3 Å². The first kappa shape index (κ1) is 14.1. The van der Waals surface area contributed by atoms with E-state index >= 15 is 0 Å². The highest BCUT2D eigenvalue weighted by atomic mass is 16.7. The minimum absolute atomic E-state index is 0.0671. The number of rotatable bonds is 3. The molecule has 7 heteroatoms. The zero-order chi connectivity index (χ0) is 16.7. The molecule has 2 aromatic carbocycles. The fourth-order valence-corrected chi connectivity index (χ4v) is 2.64. The topological polar surface area (TPSA) is 92.4 Å². The van der Waals surface area contributed by atoms with Crippen molar-refractivity contribution in [1.82, 2.24) is 15.3 Å². The number of nitrogens with one attached hydrogen (secondary N) is 1. The van der Waals surface area contributed by atoms with Crippen molar-refractivity contribution in [3.8, 4) is 0 Å². The summed E-state index contributed by atoms with van der Waals surface area (Å²) in [6, 6.07) is 11.7. The summed E-state index contributed by atoms with van der Waals surface area (Å²) in [6.45, 7) is 0. The molecule has 1 aromatic heterocycles. The summed E-state index contributed by atoms with van der Waals surface area (Å²) in [5, 5.41) is 8.16. The molecule has 3 aromatic rings. The number of aromatic nitrogens is 2. The largest absolute Gasteiger partial charge is 0.337 e. The maximum Gasteiger partial charge on any atom is 0.337 e. The average Bonchev–Trinajstić information content (AvgIpc) is 3.14. The predicted octanol–water partition coefficient (Wildman–Crippen LogP) is 1.86. The Balaban J connectivity index is 1.50. The first-order valence-electron chi connectivity index (χ1n) is 7.24. The van der Waals surface area contributed by atoms with Crippen LogP contribution in [0.2, 0.25) is 0 Å². The Hall–Kier alpha value is -3.48. The monoisotopic (exact) mass is 321 g/mol. The zero-order valence-corrected chi connectivity index (χ0v) is 12.4. The summed E-state index contributed by atoms with van der Waals surface area (Å²) in [7, 11) is 0. The second-order valence-corrected chi connectivity index (χ2v) is 5.38. The SMILES string of the molecule is O=C(Cc1ccc2cn[nH]c2c1)ON1C(=O)c2ccccc2C1=O. The molecule has 0 aliphatic carbocycles. The molecule has 2 heterocycles. The molecule has 24 heavy (non-hydrogen) atoms. The van der Waals surface area contributed by atoms with Gasteiger partial charge in [-0.15, -0.1) is 0 Å². The fraction of sp³-hybridized carbons (Fsp3) is 0.0588. The van der Waals surface area contributed by atoms with Gasteiger partial charge in [-0.05, 0) is 23.8 Å². The Morgan fingerprint density at radius 2 is 1.79 bits per heavy atom. The van der Waals surface area contributed by atoms with Gasteiger partial charge in [0.05, 0.1) is 29.3 Å². The van der Waals surface area contributed by atoms with Gasteiger partial charge in [0.25, 0.3) is 11.8 Å². The van der Waals surface area contributed by atoms with E-state index < -0.39 is 17.8 Å². The van der Waals surface area contributed by atoms with E-state index in [9.17, 15) is 14.4 Å². The van der Waals surface area contributed by atoms with Crippen LogP contribution in [0.25, 0.3) is 10.9 Å². The van der Waals surface area contributed by atoms with Crippen LogP contribution in [0.4, 0.5) is 0 Å². The number of fused-ring (bicyclic) bond motifs is 2. The van der Waals surface area contributed by atoms with Gasteiger partial charge in [0.1, 0.15) is 0 Å². The van der Waals surface area contributed by atoms with E-state index in [1.807, 2.05) is 6.07 Å². The fourth-order valence-electron chi connectivity index (χ4n) is 2.64. The third-order valence-electron chi connectivity index (χ3n) is 3.80. The number of hydrogen-bond acceptors (Lipinski definition) is 5. The van der Waals surface area contributed by atoms with Crippen LogP contribution in [-0.2, 0) is 16.1 Å². The third kappa shape index (κ3) is 2.23. The second-order valence-electron chi connectivity index (χ2n) is 5.38. The molecule has 0 radical (unpaired) electrons. The molecule has 0 spiro atoms. The average molecular weight is 321 g/mol.